The Morgan fingerprint density at radius 2 is 1.81 bits per heavy atom. The van der Waals surface area contributed by atoms with Crippen LogP contribution in [0.15, 0.2) is 34.7 Å². The molecule has 9 heteroatoms. The Bertz CT molecular complexity index is 1250. The number of hydrogen-bond donors (Lipinski definition) is 0. The summed E-state index contributed by atoms with van der Waals surface area (Å²) < 4.78 is 31.7. The first-order chi connectivity index (χ1) is 15.5. The number of aromatic nitrogens is 3. The van der Waals surface area contributed by atoms with Crippen LogP contribution in [-0.2, 0) is 9.84 Å². The summed E-state index contributed by atoms with van der Waals surface area (Å²) in [6, 6.07) is 9.51. The van der Waals surface area contributed by atoms with Gasteiger partial charge in [0.05, 0.1) is 17.5 Å². The number of amides is 1. The number of carbonyl (C=O) groups is 1. The minimum Gasteiger partial charge on any atom is -0.440 e. The number of rotatable bonds is 4. The van der Waals surface area contributed by atoms with Crippen molar-refractivity contribution >= 4 is 26.8 Å². The summed E-state index contributed by atoms with van der Waals surface area (Å²) in [5.74, 6) is 1.61. The second-order valence-corrected chi connectivity index (χ2v) is 11.5. The fourth-order valence-electron chi connectivity index (χ4n) is 5.01. The Hall–Kier alpha value is -2.68. The summed E-state index contributed by atoms with van der Waals surface area (Å²) >= 11 is 0. The van der Waals surface area contributed by atoms with Gasteiger partial charge in [-0.3, -0.25) is 9.48 Å². The van der Waals surface area contributed by atoms with Gasteiger partial charge < -0.3 is 9.32 Å². The van der Waals surface area contributed by atoms with E-state index in [0.717, 1.165) is 48.4 Å². The lowest BCUT2D eigenvalue weighted by molar-refractivity contribution is 0.0699. The van der Waals surface area contributed by atoms with Crippen LogP contribution in [-0.4, -0.2) is 58.6 Å². The predicted molar refractivity (Wildman–Crippen MR) is 118 cm³/mol. The molecule has 3 aliphatic rings. The standard InChI is InChI=1S/C23H26N4O4S/c28-23(19-13-20(15-5-6-15)27(25-19)17-9-12-32(29,30)14-17)26-10-7-16(8-11-26)22-24-18-3-1-2-4-21(18)31-22/h1-4,13,15-17H,5-12,14H2. The molecule has 0 spiro atoms. The van der Waals surface area contributed by atoms with Crippen molar-refractivity contribution in [2.75, 3.05) is 24.6 Å². The number of para-hydroxylation sites is 2. The first-order valence-electron chi connectivity index (χ1n) is 11.4. The van der Waals surface area contributed by atoms with E-state index < -0.39 is 9.84 Å². The maximum Gasteiger partial charge on any atom is 0.274 e. The molecular weight excluding hydrogens is 428 g/mol. The van der Waals surface area contributed by atoms with E-state index in [-0.39, 0.29) is 29.4 Å². The van der Waals surface area contributed by atoms with Crippen LogP contribution in [0.4, 0.5) is 0 Å². The number of carbonyl (C=O) groups excluding carboxylic acids is 1. The van der Waals surface area contributed by atoms with E-state index in [0.29, 0.717) is 31.1 Å². The second-order valence-electron chi connectivity index (χ2n) is 9.32. The van der Waals surface area contributed by atoms with Crippen LogP contribution in [0, 0.1) is 0 Å². The van der Waals surface area contributed by atoms with Gasteiger partial charge in [0, 0.05) is 30.6 Å². The number of nitrogens with zero attached hydrogens (tertiary/aromatic N) is 4. The van der Waals surface area contributed by atoms with Crippen molar-refractivity contribution in [3.05, 3.63) is 47.6 Å². The Balaban J connectivity index is 1.17. The summed E-state index contributed by atoms with van der Waals surface area (Å²) in [4.78, 5) is 19.7. The maximum atomic E-state index is 13.2. The zero-order chi connectivity index (χ0) is 21.9. The van der Waals surface area contributed by atoms with Crippen LogP contribution in [0.1, 0.15) is 72.1 Å². The molecule has 1 atom stereocenters. The van der Waals surface area contributed by atoms with Gasteiger partial charge in [-0.2, -0.15) is 5.10 Å². The molecule has 1 saturated carbocycles. The average Bonchev–Trinajstić information content (AvgIpc) is 3.23. The number of sulfone groups is 1. The Morgan fingerprint density at radius 1 is 1.03 bits per heavy atom. The number of likely N-dealkylation sites (tertiary alicyclic amines) is 1. The minimum atomic E-state index is -3.01. The van der Waals surface area contributed by atoms with Crippen LogP contribution in [0.2, 0.25) is 0 Å². The van der Waals surface area contributed by atoms with E-state index in [1.54, 1.807) is 0 Å². The lowest BCUT2D eigenvalue weighted by Crippen LogP contribution is -2.38. The lowest BCUT2D eigenvalue weighted by Gasteiger charge is -2.30. The molecule has 0 N–H and O–H groups in total. The zero-order valence-corrected chi connectivity index (χ0v) is 18.6. The van der Waals surface area contributed by atoms with Gasteiger partial charge in [-0.15, -0.1) is 0 Å². The summed E-state index contributed by atoms with van der Waals surface area (Å²) in [7, 11) is -3.01. The van der Waals surface area contributed by atoms with Gasteiger partial charge in [0.2, 0.25) is 0 Å². The van der Waals surface area contributed by atoms with Crippen molar-refractivity contribution in [3.63, 3.8) is 0 Å². The Kier molecular flexibility index (Phi) is 4.64. The largest absolute Gasteiger partial charge is 0.440 e. The van der Waals surface area contributed by atoms with Crippen LogP contribution >= 0.6 is 0 Å². The molecule has 1 unspecified atom stereocenters. The monoisotopic (exact) mass is 454 g/mol. The molecule has 2 saturated heterocycles. The van der Waals surface area contributed by atoms with E-state index in [1.165, 1.54) is 0 Å². The Labute approximate surface area is 186 Å². The molecule has 2 aromatic heterocycles. The smallest absolute Gasteiger partial charge is 0.274 e. The molecule has 0 bridgehead atoms. The summed E-state index contributed by atoms with van der Waals surface area (Å²) in [5.41, 5.74) is 3.13. The summed E-state index contributed by atoms with van der Waals surface area (Å²) in [6.45, 7) is 1.26. The van der Waals surface area contributed by atoms with Gasteiger partial charge in [0.15, 0.2) is 27.0 Å². The minimum absolute atomic E-state index is 0.0671. The average molecular weight is 455 g/mol. The number of oxazole rings is 1. The van der Waals surface area contributed by atoms with Crippen LogP contribution in [0.25, 0.3) is 11.1 Å². The Morgan fingerprint density at radius 3 is 2.50 bits per heavy atom. The molecule has 4 heterocycles. The fourth-order valence-corrected chi connectivity index (χ4v) is 6.71. The van der Waals surface area contributed by atoms with Gasteiger partial charge in [0.25, 0.3) is 5.91 Å². The topological polar surface area (TPSA) is 98.3 Å². The van der Waals surface area contributed by atoms with E-state index in [4.69, 9.17) is 4.42 Å². The van der Waals surface area contributed by atoms with Crippen molar-refractivity contribution in [3.8, 4) is 0 Å². The molecule has 2 aliphatic heterocycles. The molecule has 3 fully saturated rings. The van der Waals surface area contributed by atoms with Gasteiger partial charge in [-0.25, -0.2) is 13.4 Å². The molecule has 6 rings (SSSR count). The molecule has 1 aliphatic carbocycles. The van der Waals surface area contributed by atoms with Gasteiger partial charge in [-0.05, 0) is 50.3 Å². The fraction of sp³-hybridized carbons (Fsp3) is 0.522. The van der Waals surface area contributed by atoms with Crippen LogP contribution in [0.3, 0.4) is 0 Å². The first kappa shape index (κ1) is 20.0. The van der Waals surface area contributed by atoms with Crippen molar-refractivity contribution < 1.29 is 17.6 Å². The lowest BCUT2D eigenvalue weighted by atomic mass is 9.96. The highest BCUT2D eigenvalue weighted by atomic mass is 32.2. The number of fused-ring (bicyclic) bond motifs is 1. The van der Waals surface area contributed by atoms with Gasteiger partial charge in [-0.1, -0.05) is 12.1 Å². The molecule has 8 nitrogen and oxygen atoms in total. The molecule has 1 aromatic carbocycles. The van der Waals surface area contributed by atoms with Crippen LogP contribution in [0.5, 0.6) is 0 Å². The zero-order valence-electron chi connectivity index (χ0n) is 17.8. The summed E-state index contributed by atoms with van der Waals surface area (Å²) in [6.07, 6.45) is 4.34. The molecule has 0 radical (unpaired) electrons. The quantitative estimate of drug-likeness (QED) is 0.600. The van der Waals surface area contributed by atoms with Crippen molar-refractivity contribution in [2.45, 2.75) is 50.0 Å². The predicted octanol–water partition coefficient (Wildman–Crippen LogP) is 3.28. The third kappa shape index (κ3) is 3.62. The van der Waals surface area contributed by atoms with E-state index in [9.17, 15) is 13.2 Å². The van der Waals surface area contributed by atoms with Crippen molar-refractivity contribution in [1.29, 1.82) is 0 Å². The third-order valence-electron chi connectivity index (χ3n) is 6.98. The highest BCUT2D eigenvalue weighted by Crippen LogP contribution is 2.42. The first-order valence-corrected chi connectivity index (χ1v) is 13.2. The third-order valence-corrected chi connectivity index (χ3v) is 8.73. The SMILES string of the molecule is O=C(c1cc(C2CC2)n(C2CCS(=O)(=O)C2)n1)N1CCC(c2nc3ccccc3o2)CC1. The van der Waals surface area contributed by atoms with Crippen molar-refractivity contribution in [2.24, 2.45) is 0 Å². The molecule has 168 valence electrons. The van der Waals surface area contributed by atoms with Gasteiger partial charge in [0.1, 0.15) is 5.52 Å². The summed E-state index contributed by atoms with van der Waals surface area (Å²) in [5, 5.41) is 4.63. The number of hydrogen-bond acceptors (Lipinski definition) is 6. The number of piperidine rings is 1. The highest BCUT2D eigenvalue weighted by Gasteiger charge is 2.37. The van der Waals surface area contributed by atoms with Crippen molar-refractivity contribution in [1.82, 2.24) is 19.7 Å². The normalized spacial score (nSPS) is 23.8. The molecule has 3 aromatic rings. The number of benzene rings is 1. The van der Waals surface area contributed by atoms with Crippen LogP contribution < -0.4 is 0 Å². The second kappa shape index (κ2) is 7.43. The maximum absolute atomic E-state index is 13.2. The highest BCUT2D eigenvalue weighted by molar-refractivity contribution is 7.91. The molecular formula is C23H26N4O4S. The van der Waals surface area contributed by atoms with E-state index in [2.05, 4.69) is 10.1 Å². The van der Waals surface area contributed by atoms with Gasteiger partial charge >= 0.3 is 0 Å². The van der Waals surface area contributed by atoms with E-state index in [1.807, 2.05) is 39.9 Å². The molecule has 1 amide bonds. The molecule has 32 heavy (non-hydrogen) atoms. The van der Waals surface area contributed by atoms with E-state index >= 15 is 0 Å².